The molecule has 6 N–H and O–H groups in total. The first-order valence-electron chi connectivity index (χ1n) is 40.9. The SMILES string of the molecule is CCCCc1c(C#N)c(O)n(CCCC)c(=O)c1N=Nc1ccc(S(=O)(=O)NCC(CC)CCCC)cc1.CCCCc1c(C#N)c(O)n(CCCC)c(=O)c1N=Nc1cccc(S(=O)(=O)NCC(CC)CCCC)c1.CCCCc1c(C#N)c(O)n(CCCC)c(=O)c1N=Nc1ccccc1S(=O)(=O)NCC(CC)CCCC. The number of benzene rings is 3. The van der Waals surface area contributed by atoms with Crippen molar-refractivity contribution in [3.8, 4) is 35.8 Å². The lowest BCUT2D eigenvalue weighted by molar-refractivity contribution is 0.398. The van der Waals surface area contributed by atoms with Crippen LogP contribution >= 0.6 is 0 Å². The first-order valence-corrected chi connectivity index (χ1v) is 45.4. The van der Waals surface area contributed by atoms with Crippen LogP contribution in [0.25, 0.3) is 0 Å². The molecule has 0 spiro atoms. The average molecular weight is 1630 g/mol. The minimum Gasteiger partial charge on any atom is -0.493 e. The molecule has 6 aromatic rings. The van der Waals surface area contributed by atoms with Gasteiger partial charge >= 0.3 is 0 Å². The van der Waals surface area contributed by atoms with Crippen LogP contribution in [-0.4, -0.2) is 73.9 Å². The third-order valence-electron chi connectivity index (χ3n) is 20.0. The van der Waals surface area contributed by atoms with Crippen molar-refractivity contribution in [1.29, 1.82) is 15.8 Å². The fourth-order valence-corrected chi connectivity index (χ4v) is 16.0. The summed E-state index contributed by atoms with van der Waals surface area (Å²) in [7, 11) is -11.3. The van der Waals surface area contributed by atoms with Gasteiger partial charge in [0.25, 0.3) is 16.7 Å². The molecule has 0 aliphatic rings. The highest BCUT2D eigenvalue weighted by Gasteiger charge is 2.27. The second-order valence-electron chi connectivity index (χ2n) is 28.5. The largest absolute Gasteiger partial charge is 0.493 e. The lowest BCUT2D eigenvalue weighted by Crippen LogP contribution is -2.29. The van der Waals surface area contributed by atoms with Gasteiger partial charge in [-0.1, -0.05) is 198 Å². The van der Waals surface area contributed by atoms with Crippen molar-refractivity contribution in [2.24, 2.45) is 48.4 Å². The summed E-state index contributed by atoms with van der Waals surface area (Å²) in [4.78, 5) is 40.0. The van der Waals surface area contributed by atoms with Gasteiger partial charge in [-0.2, -0.15) is 26.0 Å². The predicted molar refractivity (Wildman–Crippen MR) is 449 cm³/mol. The van der Waals surface area contributed by atoms with Crippen molar-refractivity contribution in [1.82, 2.24) is 27.9 Å². The van der Waals surface area contributed by atoms with Crippen LogP contribution in [0.15, 0.2) is 133 Å². The lowest BCUT2D eigenvalue weighted by Gasteiger charge is -2.16. The fraction of sp³-hybridized carbons (Fsp3) is 0.571. The van der Waals surface area contributed by atoms with Gasteiger partial charge in [0, 0.05) is 56.0 Å². The van der Waals surface area contributed by atoms with E-state index in [0.717, 1.165) is 120 Å². The zero-order valence-electron chi connectivity index (χ0n) is 69.1. The van der Waals surface area contributed by atoms with Crippen molar-refractivity contribution in [3.05, 3.63) is 137 Å². The molecule has 0 radical (unpaired) electrons. The monoisotopic (exact) mass is 1630 g/mol. The third-order valence-corrected chi connectivity index (χ3v) is 24.3. The summed E-state index contributed by atoms with van der Waals surface area (Å²) in [5.41, 5.74) is 0.264. The molecule has 114 heavy (non-hydrogen) atoms. The number of aromatic hydroxyl groups is 3. The Morgan fingerprint density at radius 2 is 0.711 bits per heavy atom. The molecule has 0 aliphatic carbocycles. The average Bonchev–Trinajstić information content (AvgIpc) is 0.786. The predicted octanol–water partition coefficient (Wildman–Crippen LogP) is 19.4. The minimum absolute atomic E-state index is 0.00278. The Hall–Kier alpha value is -9.09. The maximum absolute atomic E-state index is 13.4. The molecular weight excluding hydrogens is 1510 g/mol. The Morgan fingerprint density at radius 3 is 1.06 bits per heavy atom. The van der Waals surface area contributed by atoms with Crippen LogP contribution < -0.4 is 30.8 Å². The van der Waals surface area contributed by atoms with Gasteiger partial charge < -0.3 is 15.3 Å². The summed E-state index contributed by atoms with van der Waals surface area (Å²) in [5.74, 6) is -0.241. The molecule has 0 saturated carbocycles. The van der Waals surface area contributed by atoms with Crippen LogP contribution in [0.2, 0.25) is 0 Å². The Balaban J connectivity index is 0.000000360. The number of azo groups is 3. The normalized spacial score (nSPS) is 12.6. The van der Waals surface area contributed by atoms with Crippen molar-refractivity contribution in [3.63, 3.8) is 0 Å². The second kappa shape index (κ2) is 51.0. The first kappa shape index (κ1) is 97.3. The van der Waals surface area contributed by atoms with E-state index < -0.39 is 46.7 Å². The van der Waals surface area contributed by atoms with E-state index in [0.29, 0.717) is 106 Å². The van der Waals surface area contributed by atoms with Crippen LogP contribution in [-0.2, 0) is 69.0 Å². The summed E-state index contributed by atoms with van der Waals surface area (Å²) in [6.45, 7) is 26.2. The number of aromatic nitrogens is 3. The number of pyridine rings is 3. The highest BCUT2D eigenvalue weighted by atomic mass is 32.2. The van der Waals surface area contributed by atoms with Gasteiger partial charge in [-0.15, -0.1) is 20.5 Å². The van der Waals surface area contributed by atoms with E-state index in [2.05, 4.69) is 79.5 Å². The van der Waals surface area contributed by atoms with Gasteiger partial charge in [-0.3, -0.25) is 28.1 Å². The van der Waals surface area contributed by atoms with Crippen molar-refractivity contribution in [2.45, 2.75) is 291 Å². The van der Waals surface area contributed by atoms with E-state index >= 15 is 0 Å². The Kier molecular flexibility index (Phi) is 43.5. The Morgan fingerprint density at radius 1 is 0.377 bits per heavy atom. The molecule has 3 atom stereocenters. The molecule has 0 saturated heterocycles. The quantitative estimate of drug-likeness (QED) is 0.0193. The summed E-state index contributed by atoms with van der Waals surface area (Å²) in [6.07, 6.45) is 22.0. The van der Waals surface area contributed by atoms with Gasteiger partial charge in [0.05, 0.1) is 21.2 Å². The number of nitriles is 3. The molecule has 3 heterocycles. The Bertz CT molecular complexity index is 4830. The summed E-state index contributed by atoms with van der Waals surface area (Å²) >= 11 is 0. The summed E-state index contributed by atoms with van der Waals surface area (Å²) in [6, 6.07) is 24.4. The highest BCUT2D eigenvalue weighted by Crippen LogP contribution is 2.35. The van der Waals surface area contributed by atoms with Gasteiger partial charge in [-0.05, 0) is 149 Å². The van der Waals surface area contributed by atoms with E-state index in [1.807, 2.05) is 66.7 Å². The maximum atomic E-state index is 13.4. The highest BCUT2D eigenvalue weighted by molar-refractivity contribution is 7.90. The fourth-order valence-electron chi connectivity index (χ4n) is 12.5. The van der Waals surface area contributed by atoms with Crippen molar-refractivity contribution in [2.75, 3.05) is 19.6 Å². The molecule has 30 heteroatoms. The molecule has 0 fully saturated rings. The topological polar surface area (TPSA) is 411 Å². The molecule has 624 valence electrons. The molecule has 27 nitrogen and oxygen atoms in total. The van der Waals surface area contributed by atoms with Crippen LogP contribution in [0.3, 0.4) is 0 Å². The molecule has 3 aromatic heterocycles. The van der Waals surface area contributed by atoms with E-state index in [4.69, 9.17) is 0 Å². The number of hydrogen-bond acceptors (Lipinski definition) is 21. The van der Waals surface area contributed by atoms with E-state index in [-0.39, 0.29) is 109 Å². The molecule has 0 bridgehead atoms. The summed E-state index contributed by atoms with van der Waals surface area (Å²) < 4.78 is 89.4. The molecule has 3 aromatic carbocycles. The molecule has 6 rings (SSSR count). The minimum atomic E-state index is -3.88. The van der Waals surface area contributed by atoms with Gasteiger partial charge in [0.15, 0.2) is 17.1 Å². The standard InChI is InChI=1S/3C28H41N5O4S/c1-5-9-14-21(8-4)20-30-38(36,37)25-17-13-12-16-24(25)31-32-26-22(15-10-6-2)23(19-29)27(34)33(28(26)35)18-11-7-3;1-5-9-13-21(8-4)20-30-38(36,37)23-15-12-14-22(18-23)31-32-26-24(16-10-6-2)25(19-29)27(34)33(28(26)35)17-11-7-3;1-5-9-12-21(8-4)20-30-38(36,37)23-16-14-22(15-17-23)31-32-26-24(13-10-6-2)25(19-29)27(34)33(28(26)35)18-11-7-3/h12-13,16-17,21,30,34H,5-11,14-15,18,20H2,1-4H3;12,14-15,18,21,30,34H,5-11,13,16-17,20H2,1-4H3;14-17,21,30,34H,5-13,18,20H2,1-4H3. The zero-order chi connectivity index (χ0) is 84.4. The number of nitrogens with one attached hydrogen (secondary N) is 3. The molecular formula is C84H123N15O12S3. The van der Waals surface area contributed by atoms with Gasteiger partial charge in [0.2, 0.25) is 47.7 Å². The van der Waals surface area contributed by atoms with E-state index in [1.54, 1.807) is 24.3 Å². The van der Waals surface area contributed by atoms with Crippen LogP contribution in [0.5, 0.6) is 17.6 Å². The van der Waals surface area contributed by atoms with Crippen LogP contribution in [0.4, 0.5) is 34.1 Å². The Labute approximate surface area is 676 Å². The van der Waals surface area contributed by atoms with Crippen LogP contribution in [0, 0.1) is 51.7 Å². The third kappa shape index (κ3) is 28.7. The molecule has 0 amide bonds. The second-order valence-corrected chi connectivity index (χ2v) is 33.8. The molecule has 3 unspecified atom stereocenters. The number of hydrogen-bond donors (Lipinski definition) is 6. The number of rotatable bonds is 48. The maximum Gasteiger partial charge on any atom is 0.281 e. The number of nitrogens with zero attached hydrogens (tertiary/aromatic N) is 12. The van der Waals surface area contributed by atoms with Gasteiger partial charge in [-0.25, -0.2) is 39.4 Å². The number of sulfonamides is 3. The smallest absolute Gasteiger partial charge is 0.281 e. The molecule has 0 aliphatic heterocycles. The number of unbranched alkanes of at least 4 members (excludes halogenated alkanes) is 9. The lowest BCUT2D eigenvalue weighted by atomic mass is 10.00. The first-order chi connectivity index (χ1) is 54.7. The van der Waals surface area contributed by atoms with E-state index in [1.165, 1.54) is 57.7 Å². The zero-order valence-corrected chi connectivity index (χ0v) is 71.6. The van der Waals surface area contributed by atoms with Gasteiger partial charge in [0.1, 0.15) is 45.5 Å². The van der Waals surface area contributed by atoms with Crippen molar-refractivity contribution >= 4 is 64.2 Å². The van der Waals surface area contributed by atoms with E-state index in [9.17, 15) is 70.7 Å². The van der Waals surface area contributed by atoms with Crippen LogP contribution in [0.1, 0.15) is 271 Å². The summed E-state index contributed by atoms with van der Waals surface area (Å²) in [5, 5.41) is 86.5. The van der Waals surface area contributed by atoms with Crippen molar-refractivity contribution < 1.29 is 40.6 Å².